The molecule has 1 aromatic heterocycles. The summed E-state index contributed by atoms with van der Waals surface area (Å²) in [5, 5.41) is -0.267. The highest BCUT2D eigenvalue weighted by Crippen LogP contribution is 2.34. The van der Waals surface area contributed by atoms with Crippen molar-refractivity contribution < 1.29 is 22.7 Å². The van der Waals surface area contributed by atoms with E-state index >= 15 is 0 Å². The Bertz CT molecular complexity index is 687. The first-order valence-corrected chi connectivity index (χ1v) is 6.43. The standard InChI is InChI=1S/C14H10ClF3N2O2/c15-11-5-9(14(16,17)18)7-20-13(11)22-10-3-1-8(2-4-10)12(21)6-19/h1-5,7H,6,19H2. The lowest BCUT2D eigenvalue weighted by Crippen LogP contribution is -2.13. The minimum atomic E-state index is -4.53. The maximum absolute atomic E-state index is 12.5. The second-order valence-electron chi connectivity index (χ2n) is 4.26. The average molecular weight is 331 g/mol. The van der Waals surface area contributed by atoms with Crippen LogP contribution in [0, 0.1) is 0 Å². The van der Waals surface area contributed by atoms with Crippen molar-refractivity contribution in [3.8, 4) is 11.6 Å². The van der Waals surface area contributed by atoms with Crippen LogP contribution >= 0.6 is 11.6 Å². The van der Waals surface area contributed by atoms with Gasteiger partial charge in [-0.25, -0.2) is 4.98 Å². The third kappa shape index (κ3) is 3.75. The molecule has 0 saturated carbocycles. The molecule has 116 valence electrons. The molecule has 0 aliphatic heterocycles. The molecule has 0 fully saturated rings. The first-order valence-electron chi connectivity index (χ1n) is 6.05. The monoisotopic (exact) mass is 330 g/mol. The van der Waals surface area contributed by atoms with Crippen molar-refractivity contribution in [1.29, 1.82) is 0 Å². The summed E-state index contributed by atoms with van der Waals surface area (Å²) < 4.78 is 42.8. The average Bonchev–Trinajstić information content (AvgIpc) is 2.48. The number of ether oxygens (including phenoxy) is 1. The van der Waals surface area contributed by atoms with E-state index in [4.69, 9.17) is 22.1 Å². The van der Waals surface area contributed by atoms with Crippen molar-refractivity contribution in [1.82, 2.24) is 4.98 Å². The highest BCUT2D eigenvalue weighted by molar-refractivity contribution is 6.31. The Kier molecular flexibility index (Phi) is 4.68. The Hall–Kier alpha value is -2.12. The van der Waals surface area contributed by atoms with E-state index in [-0.39, 0.29) is 29.0 Å². The number of ketones is 1. The molecule has 0 radical (unpaired) electrons. The molecule has 0 saturated heterocycles. The van der Waals surface area contributed by atoms with Crippen LogP contribution in [0.1, 0.15) is 15.9 Å². The minimum absolute atomic E-state index is 0.119. The highest BCUT2D eigenvalue weighted by Gasteiger charge is 2.31. The Morgan fingerprint density at radius 2 is 1.91 bits per heavy atom. The van der Waals surface area contributed by atoms with Crippen LogP contribution in [0.25, 0.3) is 0 Å². The number of nitrogens with zero attached hydrogens (tertiary/aromatic N) is 1. The minimum Gasteiger partial charge on any atom is -0.438 e. The van der Waals surface area contributed by atoms with Gasteiger partial charge in [-0.1, -0.05) is 11.6 Å². The van der Waals surface area contributed by atoms with Gasteiger partial charge >= 0.3 is 6.18 Å². The molecule has 22 heavy (non-hydrogen) atoms. The Balaban J connectivity index is 2.19. The fraction of sp³-hybridized carbons (Fsp3) is 0.143. The van der Waals surface area contributed by atoms with Crippen LogP contribution in [0.5, 0.6) is 11.6 Å². The van der Waals surface area contributed by atoms with E-state index in [1.54, 1.807) is 0 Å². The van der Waals surface area contributed by atoms with Crippen LogP contribution in [0.3, 0.4) is 0 Å². The lowest BCUT2D eigenvalue weighted by molar-refractivity contribution is -0.137. The van der Waals surface area contributed by atoms with Gasteiger partial charge in [0.25, 0.3) is 0 Å². The van der Waals surface area contributed by atoms with Gasteiger partial charge in [-0.3, -0.25) is 4.79 Å². The lowest BCUT2D eigenvalue weighted by atomic mass is 10.1. The highest BCUT2D eigenvalue weighted by atomic mass is 35.5. The van der Waals surface area contributed by atoms with Crippen molar-refractivity contribution in [2.45, 2.75) is 6.18 Å². The first-order chi connectivity index (χ1) is 10.3. The molecule has 0 bridgehead atoms. The predicted octanol–water partition coefficient (Wildman–Crippen LogP) is 3.69. The molecule has 0 aliphatic rings. The summed E-state index contributed by atoms with van der Waals surface area (Å²) in [5.74, 6) is -0.118. The van der Waals surface area contributed by atoms with Gasteiger partial charge in [0.15, 0.2) is 5.78 Å². The van der Waals surface area contributed by atoms with Gasteiger partial charge in [0, 0.05) is 11.8 Å². The molecule has 8 heteroatoms. The quantitative estimate of drug-likeness (QED) is 0.868. The third-order valence-corrected chi connectivity index (χ3v) is 2.98. The van der Waals surface area contributed by atoms with E-state index < -0.39 is 11.7 Å². The van der Waals surface area contributed by atoms with Gasteiger partial charge in [-0.2, -0.15) is 13.2 Å². The number of alkyl halides is 3. The summed E-state index contributed by atoms with van der Waals surface area (Å²) in [6.45, 7) is -0.119. The maximum atomic E-state index is 12.5. The number of carbonyl (C=O) groups is 1. The third-order valence-electron chi connectivity index (χ3n) is 2.71. The van der Waals surface area contributed by atoms with E-state index in [1.165, 1.54) is 24.3 Å². The number of rotatable bonds is 4. The molecule has 2 rings (SSSR count). The summed E-state index contributed by atoms with van der Waals surface area (Å²) in [6, 6.07) is 6.65. The van der Waals surface area contributed by atoms with Gasteiger partial charge < -0.3 is 10.5 Å². The summed E-state index contributed by atoms with van der Waals surface area (Å²) in [5.41, 5.74) is 4.67. The molecule has 0 aliphatic carbocycles. The van der Waals surface area contributed by atoms with Crippen molar-refractivity contribution >= 4 is 17.4 Å². The number of nitrogens with two attached hydrogens (primary N) is 1. The summed E-state index contributed by atoms with van der Waals surface area (Å²) in [6.07, 6.45) is -3.90. The molecule has 2 aromatic rings. The Morgan fingerprint density at radius 1 is 1.27 bits per heavy atom. The van der Waals surface area contributed by atoms with Gasteiger partial charge in [0.2, 0.25) is 5.88 Å². The largest absolute Gasteiger partial charge is 0.438 e. The number of pyridine rings is 1. The van der Waals surface area contributed by atoms with Crippen molar-refractivity contribution in [3.63, 3.8) is 0 Å². The topological polar surface area (TPSA) is 65.2 Å². The van der Waals surface area contributed by atoms with Crippen LogP contribution in [0.4, 0.5) is 13.2 Å². The number of benzene rings is 1. The lowest BCUT2D eigenvalue weighted by Gasteiger charge is -2.10. The molecule has 1 aromatic carbocycles. The van der Waals surface area contributed by atoms with Gasteiger partial charge in [0.05, 0.1) is 12.1 Å². The second-order valence-corrected chi connectivity index (χ2v) is 4.67. The summed E-state index contributed by atoms with van der Waals surface area (Å²) in [4.78, 5) is 14.9. The van der Waals surface area contributed by atoms with Gasteiger partial charge in [-0.05, 0) is 30.3 Å². The number of aromatic nitrogens is 1. The van der Waals surface area contributed by atoms with Crippen LogP contribution in [0.2, 0.25) is 5.02 Å². The van der Waals surface area contributed by atoms with Crippen LogP contribution < -0.4 is 10.5 Å². The van der Waals surface area contributed by atoms with Crippen LogP contribution in [0.15, 0.2) is 36.5 Å². The Labute approximate surface area is 128 Å². The van der Waals surface area contributed by atoms with E-state index in [2.05, 4.69) is 4.98 Å². The fourth-order valence-electron chi connectivity index (χ4n) is 1.59. The SMILES string of the molecule is NCC(=O)c1ccc(Oc2ncc(C(F)(F)F)cc2Cl)cc1. The van der Waals surface area contributed by atoms with Gasteiger partial charge in [-0.15, -0.1) is 0 Å². The summed E-state index contributed by atoms with van der Waals surface area (Å²) >= 11 is 5.73. The molecule has 2 N–H and O–H groups in total. The molecule has 0 atom stereocenters. The molecule has 0 unspecified atom stereocenters. The number of carbonyl (C=O) groups excluding carboxylic acids is 1. The van der Waals surface area contributed by atoms with E-state index in [1.807, 2.05) is 0 Å². The molecule has 1 heterocycles. The van der Waals surface area contributed by atoms with Crippen molar-refractivity contribution in [2.24, 2.45) is 5.73 Å². The van der Waals surface area contributed by atoms with Crippen molar-refractivity contribution in [3.05, 3.63) is 52.7 Å². The second kappa shape index (κ2) is 6.33. The van der Waals surface area contributed by atoms with E-state index in [0.717, 1.165) is 6.07 Å². The Morgan fingerprint density at radius 3 is 2.41 bits per heavy atom. The normalized spacial score (nSPS) is 11.3. The van der Waals surface area contributed by atoms with E-state index in [0.29, 0.717) is 11.8 Å². The molecular weight excluding hydrogens is 321 g/mol. The molecular formula is C14H10ClF3N2O2. The molecule has 4 nitrogen and oxygen atoms in total. The first kappa shape index (κ1) is 16.3. The predicted molar refractivity (Wildman–Crippen MR) is 74.1 cm³/mol. The number of hydrogen-bond acceptors (Lipinski definition) is 4. The number of hydrogen-bond donors (Lipinski definition) is 1. The van der Waals surface area contributed by atoms with E-state index in [9.17, 15) is 18.0 Å². The van der Waals surface area contributed by atoms with Crippen molar-refractivity contribution in [2.75, 3.05) is 6.54 Å². The number of Topliss-reactive ketones (excluding diaryl/α,β-unsaturated/α-hetero) is 1. The zero-order valence-corrected chi connectivity index (χ0v) is 11.8. The maximum Gasteiger partial charge on any atom is 0.417 e. The fourth-order valence-corrected chi connectivity index (χ4v) is 1.80. The van der Waals surface area contributed by atoms with Crippen LogP contribution in [-0.2, 0) is 6.18 Å². The molecule has 0 spiro atoms. The number of halogens is 4. The summed E-state index contributed by atoms with van der Waals surface area (Å²) in [7, 11) is 0. The zero-order chi connectivity index (χ0) is 16.3. The smallest absolute Gasteiger partial charge is 0.417 e. The zero-order valence-electron chi connectivity index (χ0n) is 11.0. The van der Waals surface area contributed by atoms with Crippen LogP contribution in [-0.4, -0.2) is 17.3 Å². The molecule has 0 amide bonds. The van der Waals surface area contributed by atoms with Gasteiger partial charge in [0.1, 0.15) is 10.8 Å².